The zero-order chi connectivity index (χ0) is 18.0. The second-order valence-corrected chi connectivity index (χ2v) is 5.75. The minimum Gasteiger partial charge on any atom is -0.327 e. The number of nitrogens with zero attached hydrogens (tertiary/aromatic N) is 3. The van der Waals surface area contributed by atoms with Gasteiger partial charge in [-0.05, 0) is 30.5 Å². The van der Waals surface area contributed by atoms with Gasteiger partial charge in [0.25, 0.3) is 0 Å². The van der Waals surface area contributed by atoms with Crippen LogP contribution in [0.15, 0.2) is 41.6 Å². The van der Waals surface area contributed by atoms with E-state index in [1.54, 1.807) is 24.5 Å². The number of pyridine rings is 1. The van der Waals surface area contributed by atoms with Gasteiger partial charge < -0.3 is 5.32 Å². The number of carbonyl (C=O) groups is 1. The molecule has 0 atom stereocenters. The molecule has 0 fully saturated rings. The summed E-state index contributed by atoms with van der Waals surface area (Å²) in [4.78, 5) is 22.1. The summed E-state index contributed by atoms with van der Waals surface area (Å²) < 4.78 is 42.5. The van der Waals surface area contributed by atoms with Crippen molar-refractivity contribution in [2.24, 2.45) is 0 Å². The molecule has 1 aromatic carbocycles. The Kier molecular flexibility index (Phi) is 4.58. The van der Waals surface area contributed by atoms with Gasteiger partial charge in [-0.15, -0.1) is 11.8 Å². The van der Waals surface area contributed by atoms with Gasteiger partial charge in [-0.25, -0.2) is 14.4 Å². The third-order valence-corrected chi connectivity index (χ3v) is 4.13. The number of amides is 1. The predicted octanol–water partition coefficient (Wildman–Crippen LogP) is 3.59. The van der Waals surface area contributed by atoms with Crippen LogP contribution in [-0.4, -0.2) is 27.6 Å². The summed E-state index contributed by atoms with van der Waals surface area (Å²) in [6, 6.07) is 6.67. The van der Waals surface area contributed by atoms with Gasteiger partial charge in [0.1, 0.15) is 16.5 Å². The van der Waals surface area contributed by atoms with Crippen molar-refractivity contribution in [2.45, 2.75) is 10.9 Å². The number of anilines is 1. The van der Waals surface area contributed by atoms with Gasteiger partial charge in [0.15, 0.2) is 0 Å². The average molecular weight is 364 g/mol. The number of hydrogen-bond donors (Lipinski definition) is 1. The molecular formula is C16H11F3N4OS. The molecule has 0 radical (unpaired) electrons. The van der Waals surface area contributed by atoms with E-state index in [2.05, 4.69) is 20.3 Å². The molecular weight excluding hydrogens is 353 g/mol. The Labute approximate surface area is 144 Å². The number of aromatic nitrogens is 3. The van der Waals surface area contributed by atoms with Crippen molar-refractivity contribution in [3.8, 4) is 0 Å². The number of carbonyl (C=O) groups excluding carboxylic acids is 1. The molecule has 0 unspecified atom stereocenters. The second kappa shape index (κ2) is 6.67. The van der Waals surface area contributed by atoms with E-state index >= 15 is 0 Å². The van der Waals surface area contributed by atoms with Gasteiger partial charge >= 0.3 is 5.92 Å². The standard InChI is InChI=1S/C16H11F3N4OS/c1-25-14-10-3-2-4-11(21-8-24)13(10)22-15(23-14)16(18,19)12-6-5-9(17)7-20-12/h2-8H,1H3,(H,21,24). The minimum atomic E-state index is -3.62. The molecule has 5 nitrogen and oxygen atoms in total. The first kappa shape index (κ1) is 17.2. The number of thioether (sulfide) groups is 1. The van der Waals surface area contributed by atoms with Gasteiger partial charge in [0.05, 0.1) is 17.4 Å². The molecule has 3 aromatic rings. The number of rotatable bonds is 5. The van der Waals surface area contributed by atoms with E-state index in [9.17, 15) is 18.0 Å². The van der Waals surface area contributed by atoms with E-state index in [4.69, 9.17) is 0 Å². The van der Waals surface area contributed by atoms with Crippen molar-refractivity contribution in [1.82, 2.24) is 15.0 Å². The van der Waals surface area contributed by atoms with Gasteiger partial charge in [0, 0.05) is 5.39 Å². The van der Waals surface area contributed by atoms with Crippen LogP contribution in [0.3, 0.4) is 0 Å². The molecule has 0 saturated heterocycles. The van der Waals surface area contributed by atoms with Crippen molar-refractivity contribution in [3.63, 3.8) is 0 Å². The summed E-state index contributed by atoms with van der Waals surface area (Å²) >= 11 is 1.17. The highest BCUT2D eigenvalue weighted by Crippen LogP contribution is 2.36. The first-order valence-electron chi connectivity index (χ1n) is 7.02. The van der Waals surface area contributed by atoms with Gasteiger partial charge in [-0.2, -0.15) is 8.78 Å². The van der Waals surface area contributed by atoms with Crippen LogP contribution in [0.25, 0.3) is 10.9 Å². The van der Waals surface area contributed by atoms with Gasteiger partial charge in [-0.1, -0.05) is 6.07 Å². The van der Waals surface area contributed by atoms with Crippen LogP contribution >= 0.6 is 11.8 Å². The summed E-state index contributed by atoms with van der Waals surface area (Å²) in [7, 11) is 0. The van der Waals surface area contributed by atoms with Crippen molar-refractivity contribution in [3.05, 3.63) is 53.9 Å². The molecule has 0 spiro atoms. The fraction of sp³-hybridized carbons (Fsp3) is 0.125. The van der Waals surface area contributed by atoms with Crippen molar-refractivity contribution in [1.29, 1.82) is 0 Å². The first-order chi connectivity index (χ1) is 12.0. The predicted molar refractivity (Wildman–Crippen MR) is 88.2 cm³/mol. The second-order valence-electron chi connectivity index (χ2n) is 4.96. The van der Waals surface area contributed by atoms with Crippen LogP contribution in [0.1, 0.15) is 11.5 Å². The maximum Gasteiger partial charge on any atom is 0.348 e. The van der Waals surface area contributed by atoms with E-state index < -0.39 is 23.3 Å². The number of para-hydroxylation sites is 1. The summed E-state index contributed by atoms with van der Waals surface area (Å²) in [5, 5.41) is 3.30. The normalized spacial score (nSPS) is 11.5. The molecule has 0 aliphatic carbocycles. The highest BCUT2D eigenvalue weighted by molar-refractivity contribution is 7.98. The van der Waals surface area contributed by atoms with E-state index in [1.807, 2.05) is 0 Å². The van der Waals surface area contributed by atoms with Gasteiger partial charge in [-0.3, -0.25) is 9.78 Å². The molecule has 2 heterocycles. The van der Waals surface area contributed by atoms with Crippen LogP contribution in [0.2, 0.25) is 0 Å². The van der Waals surface area contributed by atoms with E-state index in [0.29, 0.717) is 23.0 Å². The van der Waals surface area contributed by atoms with Crippen molar-refractivity contribution in [2.75, 3.05) is 11.6 Å². The van der Waals surface area contributed by atoms with Crippen LogP contribution < -0.4 is 5.32 Å². The highest BCUT2D eigenvalue weighted by atomic mass is 32.2. The average Bonchev–Trinajstić information content (AvgIpc) is 2.61. The topological polar surface area (TPSA) is 67.8 Å². The number of hydrogen-bond acceptors (Lipinski definition) is 5. The lowest BCUT2D eigenvalue weighted by Gasteiger charge is -2.16. The molecule has 1 N–H and O–H groups in total. The van der Waals surface area contributed by atoms with Gasteiger partial charge in [0.2, 0.25) is 12.2 Å². The number of fused-ring (bicyclic) bond motifs is 1. The maximum atomic E-state index is 14.8. The monoisotopic (exact) mass is 364 g/mol. The molecule has 9 heteroatoms. The lowest BCUT2D eigenvalue weighted by molar-refractivity contribution is -0.105. The van der Waals surface area contributed by atoms with Crippen molar-refractivity contribution >= 4 is 34.8 Å². The molecule has 0 bridgehead atoms. The Hall–Kier alpha value is -2.68. The number of nitrogens with one attached hydrogen (secondary N) is 1. The quantitative estimate of drug-likeness (QED) is 0.426. The fourth-order valence-corrected chi connectivity index (χ4v) is 2.84. The zero-order valence-electron chi connectivity index (χ0n) is 12.8. The van der Waals surface area contributed by atoms with E-state index in [0.717, 1.165) is 12.1 Å². The lowest BCUT2D eigenvalue weighted by atomic mass is 10.1. The molecule has 1 amide bonds. The third-order valence-electron chi connectivity index (χ3n) is 3.43. The Morgan fingerprint density at radius 2 is 2.00 bits per heavy atom. The molecule has 0 aliphatic rings. The zero-order valence-corrected chi connectivity index (χ0v) is 13.6. The maximum absolute atomic E-state index is 14.8. The van der Waals surface area contributed by atoms with Crippen LogP contribution in [0.4, 0.5) is 18.9 Å². The van der Waals surface area contributed by atoms with Crippen LogP contribution in [0, 0.1) is 5.82 Å². The van der Waals surface area contributed by atoms with Crippen LogP contribution in [-0.2, 0) is 10.7 Å². The molecule has 25 heavy (non-hydrogen) atoms. The largest absolute Gasteiger partial charge is 0.348 e. The Balaban J connectivity index is 2.23. The minimum absolute atomic E-state index is 0.186. The van der Waals surface area contributed by atoms with E-state index in [-0.39, 0.29) is 11.2 Å². The SMILES string of the molecule is CSc1nc(C(F)(F)c2ccc(F)cn2)nc2c(NC=O)cccc12. The summed E-state index contributed by atoms with van der Waals surface area (Å²) in [6.45, 7) is 0. The fourth-order valence-electron chi connectivity index (χ4n) is 2.28. The third kappa shape index (κ3) is 3.14. The number of benzene rings is 1. The lowest BCUT2D eigenvalue weighted by Crippen LogP contribution is -2.21. The smallest absolute Gasteiger partial charge is 0.327 e. The molecule has 128 valence electrons. The number of alkyl halides is 2. The van der Waals surface area contributed by atoms with E-state index in [1.165, 1.54) is 11.8 Å². The molecule has 2 aromatic heterocycles. The Morgan fingerprint density at radius 1 is 1.20 bits per heavy atom. The summed E-state index contributed by atoms with van der Waals surface area (Å²) in [5.41, 5.74) is -0.193. The van der Waals surface area contributed by atoms with Crippen molar-refractivity contribution < 1.29 is 18.0 Å². The summed E-state index contributed by atoms with van der Waals surface area (Å²) in [5.74, 6) is -5.12. The molecule has 3 rings (SSSR count). The molecule has 0 saturated carbocycles. The Morgan fingerprint density at radius 3 is 2.64 bits per heavy atom. The summed E-state index contributed by atoms with van der Waals surface area (Å²) in [6.07, 6.45) is 2.84. The molecule has 0 aliphatic heterocycles. The first-order valence-corrected chi connectivity index (χ1v) is 8.25. The number of halogens is 3. The Bertz CT molecular complexity index is 935. The highest BCUT2D eigenvalue weighted by Gasteiger charge is 2.40. The van der Waals surface area contributed by atoms with Crippen LogP contribution in [0.5, 0.6) is 0 Å².